The number of nitrogens with one attached hydrogen (secondary N) is 2. The van der Waals surface area contributed by atoms with Crippen molar-refractivity contribution in [3.63, 3.8) is 0 Å². The van der Waals surface area contributed by atoms with Crippen LogP contribution in [0.4, 0.5) is 0 Å². The van der Waals surface area contributed by atoms with Crippen molar-refractivity contribution >= 4 is 5.91 Å². The molecule has 2 rings (SSSR count). The van der Waals surface area contributed by atoms with E-state index in [9.17, 15) is 4.79 Å². The van der Waals surface area contributed by atoms with Crippen LogP contribution >= 0.6 is 0 Å². The van der Waals surface area contributed by atoms with Crippen molar-refractivity contribution in [1.29, 1.82) is 0 Å². The number of aromatic nitrogens is 2. The second kappa shape index (κ2) is 4.65. The Bertz CT molecular complexity index is 349. The molecule has 1 aliphatic heterocycles. The third-order valence-electron chi connectivity index (χ3n) is 3.16. The van der Waals surface area contributed by atoms with Gasteiger partial charge < -0.3 is 15.2 Å². The molecule has 2 unspecified atom stereocenters. The minimum Gasteiger partial charge on any atom is -0.347 e. The quantitative estimate of drug-likeness (QED) is 0.776. The molecule has 5 heteroatoms. The molecule has 0 aliphatic carbocycles. The van der Waals surface area contributed by atoms with E-state index in [-0.39, 0.29) is 17.9 Å². The van der Waals surface area contributed by atoms with Gasteiger partial charge in [0.25, 0.3) is 0 Å². The van der Waals surface area contributed by atoms with Gasteiger partial charge in [-0.05, 0) is 19.9 Å². The Hall–Kier alpha value is -1.36. The second-order valence-electron chi connectivity index (χ2n) is 4.37. The van der Waals surface area contributed by atoms with E-state index in [2.05, 4.69) is 22.2 Å². The lowest BCUT2D eigenvalue weighted by Gasteiger charge is -2.22. The lowest BCUT2D eigenvalue weighted by molar-refractivity contribution is -0.135. The van der Waals surface area contributed by atoms with Crippen molar-refractivity contribution in [2.24, 2.45) is 5.92 Å². The molecule has 1 amide bonds. The number of nitrogens with zero attached hydrogens (tertiary/aromatic N) is 2. The number of rotatable bonds is 3. The molecule has 0 saturated carbocycles. The van der Waals surface area contributed by atoms with E-state index in [0.717, 1.165) is 18.8 Å². The Morgan fingerprint density at radius 3 is 3.06 bits per heavy atom. The maximum Gasteiger partial charge on any atom is 0.227 e. The summed E-state index contributed by atoms with van der Waals surface area (Å²) >= 11 is 0. The van der Waals surface area contributed by atoms with Crippen molar-refractivity contribution in [1.82, 2.24) is 20.2 Å². The van der Waals surface area contributed by atoms with Crippen LogP contribution in [0.25, 0.3) is 0 Å². The van der Waals surface area contributed by atoms with Crippen LogP contribution in [0.3, 0.4) is 0 Å². The van der Waals surface area contributed by atoms with Crippen LogP contribution < -0.4 is 5.32 Å². The fourth-order valence-corrected chi connectivity index (χ4v) is 2.17. The van der Waals surface area contributed by atoms with Crippen LogP contribution in [0.15, 0.2) is 12.4 Å². The molecule has 2 atom stereocenters. The van der Waals surface area contributed by atoms with Gasteiger partial charge in [-0.1, -0.05) is 0 Å². The van der Waals surface area contributed by atoms with Gasteiger partial charge >= 0.3 is 0 Å². The molecule has 1 aromatic heterocycles. The van der Waals surface area contributed by atoms with Crippen molar-refractivity contribution in [3.05, 3.63) is 18.2 Å². The third-order valence-corrected chi connectivity index (χ3v) is 3.16. The first-order valence-electron chi connectivity index (χ1n) is 5.65. The molecule has 0 radical (unpaired) electrons. The molecular weight excluding hydrogens is 204 g/mol. The predicted molar refractivity (Wildman–Crippen MR) is 60.6 cm³/mol. The molecule has 1 aromatic rings. The highest BCUT2D eigenvalue weighted by atomic mass is 16.2. The number of hydrogen-bond donors (Lipinski definition) is 2. The van der Waals surface area contributed by atoms with Gasteiger partial charge in [0.1, 0.15) is 5.82 Å². The molecule has 16 heavy (non-hydrogen) atoms. The van der Waals surface area contributed by atoms with Gasteiger partial charge in [-0.2, -0.15) is 0 Å². The zero-order valence-electron chi connectivity index (χ0n) is 9.73. The van der Waals surface area contributed by atoms with E-state index < -0.39 is 0 Å². The second-order valence-corrected chi connectivity index (χ2v) is 4.37. The van der Waals surface area contributed by atoms with Gasteiger partial charge in [0.2, 0.25) is 5.91 Å². The topological polar surface area (TPSA) is 61.0 Å². The highest BCUT2D eigenvalue weighted by Gasteiger charge is 2.31. The summed E-state index contributed by atoms with van der Waals surface area (Å²) in [6.45, 7) is 3.55. The Morgan fingerprint density at radius 1 is 1.69 bits per heavy atom. The molecular formula is C11H18N4O. The van der Waals surface area contributed by atoms with E-state index in [1.165, 1.54) is 0 Å². The summed E-state index contributed by atoms with van der Waals surface area (Å²) in [6.07, 6.45) is 4.41. The van der Waals surface area contributed by atoms with Crippen molar-refractivity contribution in [2.45, 2.75) is 25.9 Å². The van der Waals surface area contributed by atoms with E-state index in [4.69, 9.17) is 0 Å². The van der Waals surface area contributed by atoms with Gasteiger partial charge in [-0.15, -0.1) is 0 Å². The van der Waals surface area contributed by atoms with Crippen LogP contribution in [0, 0.1) is 5.92 Å². The summed E-state index contributed by atoms with van der Waals surface area (Å²) in [5, 5.41) is 3.29. The van der Waals surface area contributed by atoms with Crippen LogP contribution in [0.5, 0.6) is 0 Å². The monoisotopic (exact) mass is 222 g/mol. The molecule has 2 heterocycles. The number of amides is 1. The highest BCUT2D eigenvalue weighted by molar-refractivity contribution is 5.79. The van der Waals surface area contributed by atoms with E-state index in [1.54, 1.807) is 17.3 Å². The van der Waals surface area contributed by atoms with Gasteiger partial charge in [-0.3, -0.25) is 4.79 Å². The van der Waals surface area contributed by atoms with E-state index >= 15 is 0 Å². The van der Waals surface area contributed by atoms with E-state index in [0.29, 0.717) is 6.54 Å². The SMILES string of the molecule is CC1NCCC1C(=O)N(C)Cc1ncc[nH]1. The average molecular weight is 222 g/mol. The van der Waals surface area contributed by atoms with Gasteiger partial charge in [0.15, 0.2) is 0 Å². The van der Waals surface area contributed by atoms with Crippen LogP contribution in [-0.2, 0) is 11.3 Å². The molecule has 1 fully saturated rings. The predicted octanol–water partition coefficient (Wildman–Crippen LogP) is 0.366. The Morgan fingerprint density at radius 2 is 2.50 bits per heavy atom. The summed E-state index contributed by atoms with van der Waals surface area (Å²) in [5.41, 5.74) is 0. The number of carbonyl (C=O) groups excluding carboxylic acids is 1. The molecule has 88 valence electrons. The third kappa shape index (κ3) is 2.24. The molecule has 5 nitrogen and oxygen atoms in total. The van der Waals surface area contributed by atoms with Crippen molar-refractivity contribution in [2.75, 3.05) is 13.6 Å². The Kier molecular flexibility index (Phi) is 3.24. The smallest absolute Gasteiger partial charge is 0.227 e. The molecule has 2 N–H and O–H groups in total. The van der Waals surface area contributed by atoms with Crippen LogP contribution in [0.2, 0.25) is 0 Å². The van der Waals surface area contributed by atoms with Gasteiger partial charge in [0.05, 0.1) is 12.5 Å². The standard InChI is InChI=1S/C11H18N4O/c1-8-9(3-4-12-8)11(16)15(2)7-10-13-5-6-14-10/h5-6,8-9,12H,3-4,7H2,1-2H3,(H,13,14). The van der Waals surface area contributed by atoms with Gasteiger partial charge in [0, 0.05) is 25.5 Å². The molecule has 1 aliphatic rings. The summed E-state index contributed by atoms with van der Waals surface area (Å²) < 4.78 is 0. The molecule has 0 bridgehead atoms. The number of imidazole rings is 1. The van der Waals surface area contributed by atoms with Gasteiger partial charge in [-0.25, -0.2) is 4.98 Å². The fraction of sp³-hybridized carbons (Fsp3) is 0.636. The maximum absolute atomic E-state index is 12.1. The van der Waals surface area contributed by atoms with Crippen molar-refractivity contribution < 1.29 is 4.79 Å². The minimum atomic E-state index is 0.111. The first-order chi connectivity index (χ1) is 7.68. The zero-order valence-corrected chi connectivity index (χ0v) is 9.73. The summed E-state index contributed by atoms with van der Waals surface area (Å²) in [6, 6.07) is 0.284. The lowest BCUT2D eigenvalue weighted by Crippen LogP contribution is -2.37. The first kappa shape index (κ1) is 11.1. The van der Waals surface area contributed by atoms with Crippen LogP contribution in [-0.4, -0.2) is 40.4 Å². The maximum atomic E-state index is 12.1. The van der Waals surface area contributed by atoms with E-state index in [1.807, 2.05) is 7.05 Å². The molecule has 0 spiro atoms. The van der Waals surface area contributed by atoms with Crippen LogP contribution in [0.1, 0.15) is 19.2 Å². The number of aromatic amines is 1. The Balaban J connectivity index is 1.94. The number of hydrogen-bond acceptors (Lipinski definition) is 3. The lowest BCUT2D eigenvalue weighted by atomic mass is 10.0. The highest BCUT2D eigenvalue weighted by Crippen LogP contribution is 2.18. The minimum absolute atomic E-state index is 0.111. The molecule has 0 aromatic carbocycles. The Labute approximate surface area is 95.2 Å². The number of H-pyrrole nitrogens is 1. The average Bonchev–Trinajstić information content (AvgIpc) is 2.88. The summed E-state index contributed by atoms with van der Waals surface area (Å²) in [4.78, 5) is 21.0. The summed E-state index contributed by atoms with van der Waals surface area (Å²) in [7, 11) is 1.83. The normalized spacial score (nSPS) is 24.6. The summed E-state index contributed by atoms with van der Waals surface area (Å²) in [5.74, 6) is 1.14. The fourth-order valence-electron chi connectivity index (χ4n) is 2.17. The largest absolute Gasteiger partial charge is 0.347 e. The first-order valence-corrected chi connectivity index (χ1v) is 5.65. The zero-order chi connectivity index (χ0) is 11.5. The molecule has 1 saturated heterocycles. The number of carbonyl (C=O) groups is 1. The van der Waals surface area contributed by atoms with Crippen molar-refractivity contribution in [3.8, 4) is 0 Å².